The number of benzene rings is 1. The highest BCUT2D eigenvalue weighted by Gasteiger charge is 2.34. The lowest BCUT2D eigenvalue weighted by Crippen LogP contribution is -2.53. The van der Waals surface area contributed by atoms with Crippen molar-refractivity contribution in [3.63, 3.8) is 0 Å². The Balaban J connectivity index is 1.96. The zero-order valence-electron chi connectivity index (χ0n) is 14.0. The highest BCUT2D eigenvalue weighted by molar-refractivity contribution is 7.98. The maximum Gasteiger partial charge on any atom is 0.0328 e. The first-order chi connectivity index (χ1) is 10.1. The standard InChI is InChI=1S/C18H30N2S/c1-15(16-8-10-17(21-4)11-9-16)19-14-18(20(2)3)12-6-5-7-13-18/h8-11,15,19H,5-7,12-14H2,1-4H3. The predicted octanol–water partition coefficient (Wildman–Crippen LogP) is 4.32. The van der Waals surface area contributed by atoms with E-state index in [0.717, 1.165) is 6.54 Å². The lowest BCUT2D eigenvalue weighted by molar-refractivity contribution is 0.0958. The Bertz CT molecular complexity index is 421. The summed E-state index contributed by atoms with van der Waals surface area (Å²) in [5, 5.41) is 3.78. The second-order valence-corrected chi connectivity index (χ2v) is 7.43. The van der Waals surface area contributed by atoms with Gasteiger partial charge in [-0.3, -0.25) is 0 Å². The molecule has 3 heteroatoms. The van der Waals surface area contributed by atoms with Crippen molar-refractivity contribution in [3.8, 4) is 0 Å². The monoisotopic (exact) mass is 306 g/mol. The van der Waals surface area contributed by atoms with Crippen LogP contribution in [0.1, 0.15) is 50.6 Å². The van der Waals surface area contributed by atoms with Crippen LogP contribution in [0.15, 0.2) is 29.2 Å². The molecule has 1 N–H and O–H groups in total. The molecule has 0 radical (unpaired) electrons. The van der Waals surface area contributed by atoms with Crippen molar-refractivity contribution in [2.75, 3.05) is 26.9 Å². The minimum atomic E-state index is 0.353. The number of rotatable bonds is 6. The van der Waals surface area contributed by atoms with E-state index < -0.39 is 0 Å². The van der Waals surface area contributed by atoms with Gasteiger partial charge in [-0.2, -0.15) is 0 Å². The molecular formula is C18H30N2S. The second kappa shape index (κ2) is 7.66. The first kappa shape index (κ1) is 16.9. The fraction of sp³-hybridized carbons (Fsp3) is 0.667. The van der Waals surface area contributed by atoms with Gasteiger partial charge in [0.25, 0.3) is 0 Å². The molecule has 2 nitrogen and oxygen atoms in total. The molecule has 2 rings (SSSR count). The van der Waals surface area contributed by atoms with Gasteiger partial charge in [-0.05, 0) is 57.8 Å². The molecule has 0 spiro atoms. The molecule has 0 heterocycles. The van der Waals surface area contributed by atoms with Crippen LogP contribution in [0.4, 0.5) is 0 Å². The molecule has 118 valence electrons. The van der Waals surface area contributed by atoms with Crippen molar-refractivity contribution in [1.82, 2.24) is 10.2 Å². The van der Waals surface area contributed by atoms with Crippen molar-refractivity contribution in [1.29, 1.82) is 0 Å². The normalized spacial score (nSPS) is 19.7. The topological polar surface area (TPSA) is 15.3 Å². The Morgan fingerprint density at radius 2 is 1.76 bits per heavy atom. The lowest BCUT2D eigenvalue weighted by atomic mass is 9.80. The minimum Gasteiger partial charge on any atom is -0.308 e. The highest BCUT2D eigenvalue weighted by atomic mass is 32.2. The van der Waals surface area contributed by atoms with Crippen molar-refractivity contribution < 1.29 is 0 Å². The average molecular weight is 307 g/mol. The Hall–Kier alpha value is -0.510. The minimum absolute atomic E-state index is 0.353. The molecular weight excluding hydrogens is 276 g/mol. The summed E-state index contributed by atoms with van der Waals surface area (Å²) >= 11 is 1.80. The molecule has 1 saturated carbocycles. The Labute approximate surface area is 134 Å². The van der Waals surface area contributed by atoms with E-state index in [4.69, 9.17) is 0 Å². The number of thioether (sulfide) groups is 1. The zero-order chi connectivity index (χ0) is 15.3. The molecule has 1 unspecified atom stereocenters. The van der Waals surface area contributed by atoms with Crippen LogP contribution in [-0.4, -0.2) is 37.3 Å². The number of nitrogens with one attached hydrogen (secondary N) is 1. The summed E-state index contributed by atoms with van der Waals surface area (Å²) in [6.45, 7) is 3.37. The van der Waals surface area contributed by atoms with Crippen LogP contribution in [0.2, 0.25) is 0 Å². The highest BCUT2D eigenvalue weighted by Crippen LogP contribution is 2.32. The van der Waals surface area contributed by atoms with Crippen molar-refractivity contribution in [2.24, 2.45) is 0 Å². The molecule has 21 heavy (non-hydrogen) atoms. The van der Waals surface area contributed by atoms with E-state index >= 15 is 0 Å². The summed E-state index contributed by atoms with van der Waals surface area (Å²) in [5.74, 6) is 0. The third-order valence-corrected chi connectivity index (χ3v) is 5.83. The van der Waals surface area contributed by atoms with Crippen LogP contribution in [-0.2, 0) is 0 Å². The number of hydrogen-bond donors (Lipinski definition) is 1. The molecule has 1 aromatic carbocycles. The van der Waals surface area contributed by atoms with Crippen molar-refractivity contribution in [3.05, 3.63) is 29.8 Å². The lowest BCUT2D eigenvalue weighted by Gasteiger charge is -2.44. The van der Waals surface area contributed by atoms with Crippen molar-refractivity contribution in [2.45, 2.75) is 55.5 Å². The van der Waals surface area contributed by atoms with E-state index in [1.165, 1.54) is 42.6 Å². The first-order valence-corrected chi connectivity index (χ1v) is 9.35. The molecule has 1 fully saturated rings. The molecule has 0 bridgehead atoms. The fourth-order valence-electron chi connectivity index (χ4n) is 3.35. The van der Waals surface area contributed by atoms with E-state index in [-0.39, 0.29) is 0 Å². The molecule has 0 saturated heterocycles. The van der Waals surface area contributed by atoms with E-state index in [1.807, 2.05) is 0 Å². The first-order valence-electron chi connectivity index (χ1n) is 8.12. The summed E-state index contributed by atoms with van der Waals surface area (Å²) < 4.78 is 0. The maximum absolute atomic E-state index is 3.78. The molecule has 0 aromatic heterocycles. The summed E-state index contributed by atoms with van der Waals surface area (Å²) in [6, 6.07) is 9.38. The van der Waals surface area contributed by atoms with Crippen LogP contribution in [0.5, 0.6) is 0 Å². The van der Waals surface area contributed by atoms with Gasteiger partial charge in [-0.1, -0.05) is 31.4 Å². The third-order valence-electron chi connectivity index (χ3n) is 5.09. The summed E-state index contributed by atoms with van der Waals surface area (Å²) in [6.07, 6.45) is 8.92. The van der Waals surface area contributed by atoms with Gasteiger partial charge in [0.2, 0.25) is 0 Å². The average Bonchev–Trinajstić information content (AvgIpc) is 2.53. The van der Waals surface area contributed by atoms with E-state index in [1.54, 1.807) is 11.8 Å². The van der Waals surface area contributed by atoms with Gasteiger partial charge < -0.3 is 10.2 Å². The summed E-state index contributed by atoms with van der Waals surface area (Å²) in [7, 11) is 4.48. The molecule has 1 atom stereocenters. The number of nitrogens with zero attached hydrogens (tertiary/aromatic N) is 1. The molecule has 0 aliphatic heterocycles. The van der Waals surface area contributed by atoms with Gasteiger partial charge in [0.1, 0.15) is 0 Å². The van der Waals surface area contributed by atoms with Crippen LogP contribution < -0.4 is 5.32 Å². The van der Waals surface area contributed by atoms with E-state index in [9.17, 15) is 0 Å². The molecule has 1 aromatic rings. The SMILES string of the molecule is CSc1ccc(C(C)NCC2(N(C)C)CCCCC2)cc1. The Morgan fingerprint density at radius 3 is 2.29 bits per heavy atom. The smallest absolute Gasteiger partial charge is 0.0328 e. The van der Waals surface area contributed by atoms with Gasteiger partial charge >= 0.3 is 0 Å². The van der Waals surface area contributed by atoms with Crippen LogP contribution in [0.25, 0.3) is 0 Å². The van der Waals surface area contributed by atoms with E-state index in [0.29, 0.717) is 11.6 Å². The van der Waals surface area contributed by atoms with Crippen LogP contribution in [0.3, 0.4) is 0 Å². The second-order valence-electron chi connectivity index (χ2n) is 6.56. The predicted molar refractivity (Wildman–Crippen MR) is 94.1 cm³/mol. The number of likely N-dealkylation sites (N-methyl/N-ethyl adjacent to an activating group) is 1. The molecule has 1 aliphatic carbocycles. The van der Waals surface area contributed by atoms with Crippen LogP contribution in [0, 0.1) is 0 Å². The summed E-state index contributed by atoms with van der Waals surface area (Å²) in [4.78, 5) is 3.78. The Morgan fingerprint density at radius 1 is 1.14 bits per heavy atom. The van der Waals surface area contributed by atoms with Gasteiger partial charge in [-0.25, -0.2) is 0 Å². The van der Waals surface area contributed by atoms with Crippen LogP contribution >= 0.6 is 11.8 Å². The van der Waals surface area contributed by atoms with Gasteiger partial charge in [0.15, 0.2) is 0 Å². The molecule has 1 aliphatic rings. The fourth-order valence-corrected chi connectivity index (χ4v) is 3.75. The quantitative estimate of drug-likeness (QED) is 0.788. The summed E-state index contributed by atoms with van der Waals surface area (Å²) in [5.41, 5.74) is 1.74. The molecule has 0 amide bonds. The van der Waals surface area contributed by atoms with Gasteiger partial charge in [-0.15, -0.1) is 11.8 Å². The van der Waals surface area contributed by atoms with Gasteiger partial charge in [0.05, 0.1) is 0 Å². The van der Waals surface area contributed by atoms with Gasteiger partial charge in [0, 0.05) is 23.0 Å². The maximum atomic E-state index is 3.78. The van der Waals surface area contributed by atoms with Crippen molar-refractivity contribution >= 4 is 11.8 Å². The number of hydrogen-bond acceptors (Lipinski definition) is 3. The van der Waals surface area contributed by atoms with E-state index in [2.05, 4.69) is 61.8 Å². The zero-order valence-corrected chi connectivity index (χ0v) is 14.8. The third kappa shape index (κ3) is 4.24. The Kier molecular flexibility index (Phi) is 6.15. The largest absolute Gasteiger partial charge is 0.308 e.